The summed E-state index contributed by atoms with van der Waals surface area (Å²) in [6.45, 7) is 0.613. The molecule has 0 aliphatic heterocycles. The third kappa shape index (κ3) is 2.65. The fourth-order valence-corrected chi connectivity index (χ4v) is 2.49. The summed E-state index contributed by atoms with van der Waals surface area (Å²) in [5.41, 5.74) is 1.84. The summed E-state index contributed by atoms with van der Waals surface area (Å²) in [5, 5.41) is 4.45. The fraction of sp³-hybridized carbons (Fsp3) is 0.125. The monoisotopic (exact) mass is 331 g/mol. The van der Waals surface area contributed by atoms with Gasteiger partial charge < -0.3 is 14.5 Å². The van der Waals surface area contributed by atoms with E-state index in [1.54, 1.807) is 7.11 Å². The Labute approximate surface area is 125 Å². The van der Waals surface area contributed by atoms with Crippen LogP contribution in [0.1, 0.15) is 5.76 Å². The number of para-hydroxylation sites is 1. The molecule has 1 aromatic heterocycles. The number of methoxy groups -OCH3 is 1. The summed E-state index contributed by atoms with van der Waals surface area (Å²) >= 11 is 3.46. The van der Waals surface area contributed by atoms with E-state index in [0.717, 1.165) is 32.6 Å². The Hall–Kier alpha value is -1.94. The average molecular weight is 332 g/mol. The van der Waals surface area contributed by atoms with E-state index in [-0.39, 0.29) is 0 Å². The number of ether oxygens (including phenoxy) is 1. The standard InChI is InChI=1S/C16H14BrNO2/c1-19-16-7-6-12(17)9-14(16)18-10-13-8-11-4-2-3-5-15(11)20-13/h2-9,18H,10H2,1H3. The van der Waals surface area contributed by atoms with Crippen LogP contribution in [-0.2, 0) is 6.54 Å². The largest absolute Gasteiger partial charge is 0.495 e. The molecule has 1 N–H and O–H groups in total. The highest BCUT2D eigenvalue weighted by Crippen LogP contribution is 2.29. The van der Waals surface area contributed by atoms with Gasteiger partial charge in [-0.1, -0.05) is 34.1 Å². The van der Waals surface area contributed by atoms with E-state index in [9.17, 15) is 0 Å². The number of benzene rings is 2. The molecule has 0 atom stereocenters. The molecule has 3 rings (SSSR count). The first-order valence-electron chi connectivity index (χ1n) is 6.31. The van der Waals surface area contributed by atoms with Gasteiger partial charge in [-0.2, -0.15) is 0 Å². The Morgan fingerprint density at radius 1 is 1.15 bits per heavy atom. The van der Waals surface area contributed by atoms with Crippen molar-refractivity contribution in [2.75, 3.05) is 12.4 Å². The molecule has 4 heteroatoms. The molecule has 0 bridgehead atoms. The molecule has 3 nitrogen and oxygen atoms in total. The van der Waals surface area contributed by atoms with Crippen LogP contribution in [0.2, 0.25) is 0 Å². The van der Waals surface area contributed by atoms with Crippen molar-refractivity contribution >= 4 is 32.6 Å². The van der Waals surface area contributed by atoms with Crippen molar-refractivity contribution in [1.29, 1.82) is 0 Å². The minimum atomic E-state index is 0.613. The van der Waals surface area contributed by atoms with Crippen molar-refractivity contribution in [2.45, 2.75) is 6.54 Å². The molecule has 20 heavy (non-hydrogen) atoms. The lowest BCUT2D eigenvalue weighted by molar-refractivity contribution is 0.416. The highest BCUT2D eigenvalue weighted by molar-refractivity contribution is 9.10. The number of halogens is 1. The normalized spacial score (nSPS) is 10.7. The summed E-state index contributed by atoms with van der Waals surface area (Å²) in [4.78, 5) is 0. The van der Waals surface area contributed by atoms with Crippen LogP contribution in [0.15, 0.2) is 57.4 Å². The molecular formula is C16H14BrNO2. The van der Waals surface area contributed by atoms with E-state index in [2.05, 4.69) is 21.2 Å². The van der Waals surface area contributed by atoms with Crippen LogP contribution in [-0.4, -0.2) is 7.11 Å². The molecule has 0 radical (unpaired) electrons. The van der Waals surface area contributed by atoms with E-state index < -0.39 is 0 Å². The van der Waals surface area contributed by atoms with E-state index >= 15 is 0 Å². The lowest BCUT2D eigenvalue weighted by atomic mass is 10.2. The maximum Gasteiger partial charge on any atom is 0.142 e. The highest BCUT2D eigenvalue weighted by atomic mass is 79.9. The molecule has 3 aromatic rings. The van der Waals surface area contributed by atoms with Gasteiger partial charge in [0.1, 0.15) is 17.1 Å². The van der Waals surface area contributed by atoms with Crippen molar-refractivity contribution in [2.24, 2.45) is 0 Å². The van der Waals surface area contributed by atoms with Gasteiger partial charge in [-0.05, 0) is 30.3 Å². The second-order valence-corrected chi connectivity index (χ2v) is 5.36. The van der Waals surface area contributed by atoms with E-state index in [4.69, 9.17) is 9.15 Å². The molecule has 0 fully saturated rings. The number of fused-ring (bicyclic) bond motifs is 1. The smallest absolute Gasteiger partial charge is 0.142 e. The molecule has 0 saturated heterocycles. The Bertz CT molecular complexity index is 703. The van der Waals surface area contributed by atoms with Gasteiger partial charge in [0.2, 0.25) is 0 Å². The molecule has 2 aromatic carbocycles. The summed E-state index contributed by atoms with van der Waals surface area (Å²) < 4.78 is 12.1. The number of hydrogen-bond acceptors (Lipinski definition) is 3. The molecule has 1 heterocycles. The first kappa shape index (κ1) is 13.1. The number of nitrogens with one attached hydrogen (secondary N) is 1. The van der Waals surface area contributed by atoms with E-state index in [1.807, 2.05) is 48.5 Å². The SMILES string of the molecule is COc1ccc(Br)cc1NCc1cc2ccccc2o1. The van der Waals surface area contributed by atoms with Crippen LogP contribution in [0.5, 0.6) is 5.75 Å². The number of hydrogen-bond donors (Lipinski definition) is 1. The fourth-order valence-electron chi connectivity index (χ4n) is 2.12. The van der Waals surface area contributed by atoms with Crippen LogP contribution in [0, 0.1) is 0 Å². The van der Waals surface area contributed by atoms with Crippen molar-refractivity contribution in [3.05, 3.63) is 58.8 Å². The van der Waals surface area contributed by atoms with Crippen LogP contribution in [0.4, 0.5) is 5.69 Å². The molecule has 102 valence electrons. The van der Waals surface area contributed by atoms with Gasteiger partial charge in [0.25, 0.3) is 0 Å². The second kappa shape index (κ2) is 5.59. The Balaban J connectivity index is 1.80. The van der Waals surface area contributed by atoms with Crippen molar-refractivity contribution in [3.63, 3.8) is 0 Å². The zero-order chi connectivity index (χ0) is 13.9. The summed E-state index contributed by atoms with van der Waals surface area (Å²) in [6.07, 6.45) is 0. The molecule has 0 spiro atoms. The lowest BCUT2D eigenvalue weighted by Crippen LogP contribution is -2.00. The predicted octanol–water partition coefficient (Wildman–Crippen LogP) is 4.82. The van der Waals surface area contributed by atoms with Crippen LogP contribution in [0.3, 0.4) is 0 Å². The summed E-state index contributed by atoms with van der Waals surface area (Å²) in [7, 11) is 1.66. The molecule has 0 unspecified atom stereocenters. The number of rotatable bonds is 4. The summed E-state index contributed by atoms with van der Waals surface area (Å²) in [5.74, 6) is 1.71. The van der Waals surface area contributed by atoms with Crippen LogP contribution < -0.4 is 10.1 Å². The summed E-state index contributed by atoms with van der Waals surface area (Å²) in [6, 6.07) is 15.9. The maximum atomic E-state index is 5.78. The van der Waals surface area contributed by atoms with Crippen molar-refractivity contribution in [1.82, 2.24) is 0 Å². The third-order valence-electron chi connectivity index (χ3n) is 3.09. The Morgan fingerprint density at radius 2 is 2.00 bits per heavy atom. The van der Waals surface area contributed by atoms with Crippen molar-refractivity contribution in [3.8, 4) is 5.75 Å². The van der Waals surface area contributed by atoms with Gasteiger partial charge in [-0.15, -0.1) is 0 Å². The number of anilines is 1. The van der Waals surface area contributed by atoms with E-state index in [0.29, 0.717) is 6.54 Å². The third-order valence-corrected chi connectivity index (χ3v) is 3.58. The van der Waals surface area contributed by atoms with Crippen molar-refractivity contribution < 1.29 is 9.15 Å². The van der Waals surface area contributed by atoms with Crippen LogP contribution >= 0.6 is 15.9 Å². The number of furan rings is 1. The average Bonchev–Trinajstić information content (AvgIpc) is 2.88. The molecular weight excluding hydrogens is 318 g/mol. The zero-order valence-corrected chi connectivity index (χ0v) is 12.6. The molecule has 0 aliphatic rings. The first-order chi connectivity index (χ1) is 9.76. The molecule has 0 aliphatic carbocycles. The minimum Gasteiger partial charge on any atom is -0.495 e. The van der Waals surface area contributed by atoms with E-state index in [1.165, 1.54) is 0 Å². The molecule has 0 saturated carbocycles. The zero-order valence-electron chi connectivity index (χ0n) is 11.0. The Kier molecular flexibility index (Phi) is 3.65. The van der Waals surface area contributed by atoms with Gasteiger partial charge in [0, 0.05) is 9.86 Å². The topological polar surface area (TPSA) is 34.4 Å². The van der Waals surface area contributed by atoms with Gasteiger partial charge in [-0.3, -0.25) is 0 Å². The van der Waals surface area contributed by atoms with Gasteiger partial charge >= 0.3 is 0 Å². The minimum absolute atomic E-state index is 0.613. The van der Waals surface area contributed by atoms with Gasteiger partial charge in [-0.25, -0.2) is 0 Å². The quantitative estimate of drug-likeness (QED) is 0.744. The second-order valence-electron chi connectivity index (χ2n) is 4.45. The van der Waals surface area contributed by atoms with Crippen LogP contribution in [0.25, 0.3) is 11.0 Å². The molecule has 0 amide bonds. The first-order valence-corrected chi connectivity index (χ1v) is 7.10. The lowest BCUT2D eigenvalue weighted by Gasteiger charge is -2.10. The maximum absolute atomic E-state index is 5.78. The Morgan fingerprint density at radius 3 is 2.80 bits per heavy atom. The highest BCUT2D eigenvalue weighted by Gasteiger charge is 2.06. The van der Waals surface area contributed by atoms with Gasteiger partial charge in [0.15, 0.2) is 0 Å². The van der Waals surface area contributed by atoms with Gasteiger partial charge in [0.05, 0.1) is 19.3 Å². The predicted molar refractivity (Wildman–Crippen MR) is 84.2 cm³/mol.